The van der Waals surface area contributed by atoms with E-state index in [9.17, 15) is 0 Å². The Morgan fingerprint density at radius 1 is 1.25 bits per heavy atom. The van der Waals surface area contributed by atoms with Gasteiger partial charge in [0.05, 0.1) is 14.2 Å². The molecule has 114 valence electrons. The first kappa shape index (κ1) is 16.8. The van der Waals surface area contributed by atoms with Gasteiger partial charge in [0.15, 0.2) is 0 Å². The summed E-state index contributed by atoms with van der Waals surface area (Å²) in [6, 6.07) is 6.16. The van der Waals surface area contributed by atoms with Crippen molar-refractivity contribution in [2.45, 2.75) is 25.8 Å². The minimum atomic E-state index is 0.224. The average molecular weight is 280 g/mol. The zero-order chi connectivity index (χ0) is 15.0. The molecule has 0 aliphatic heterocycles. The summed E-state index contributed by atoms with van der Waals surface area (Å²) in [7, 11) is 7.54. The van der Waals surface area contributed by atoms with Crippen molar-refractivity contribution < 1.29 is 9.47 Å². The van der Waals surface area contributed by atoms with Crippen molar-refractivity contribution in [1.82, 2.24) is 10.2 Å². The van der Waals surface area contributed by atoms with Crippen LogP contribution in [-0.2, 0) is 0 Å². The van der Waals surface area contributed by atoms with Gasteiger partial charge < -0.3 is 19.7 Å². The number of methoxy groups -OCH3 is 2. The van der Waals surface area contributed by atoms with Gasteiger partial charge in [-0.1, -0.05) is 13.3 Å². The maximum Gasteiger partial charge on any atom is 0.123 e. The SMILES string of the molecule is CCCCN(C)CC(NC)c1cc(OC)ccc1OC. The monoisotopic (exact) mass is 280 g/mol. The molecule has 1 unspecified atom stereocenters. The molecule has 0 spiro atoms. The molecular formula is C16H28N2O2. The van der Waals surface area contributed by atoms with Crippen LogP contribution in [0.25, 0.3) is 0 Å². The normalized spacial score (nSPS) is 12.5. The molecule has 1 rings (SSSR count). The van der Waals surface area contributed by atoms with Crippen LogP contribution in [0.2, 0.25) is 0 Å². The summed E-state index contributed by atoms with van der Waals surface area (Å²) in [5.74, 6) is 1.76. The summed E-state index contributed by atoms with van der Waals surface area (Å²) in [5.41, 5.74) is 1.14. The van der Waals surface area contributed by atoms with E-state index in [4.69, 9.17) is 9.47 Å². The molecule has 0 amide bonds. The Balaban J connectivity index is 2.87. The van der Waals surface area contributed by atoms with Crippen LogP contribution >= 0.6 is 0 Å². The molecule has 1 aromatic rings. The maximum absolute atomic E-state index is 5.48. The van der Waals surface area contributed by atoms with Gasteiger partial charge in [-0.15, -0.1) is 0 Å². The molecule has 0 fully saturated rings. The summed E-state index contributed by atoms with van der Waals surface area (Å²) in [6.45, 7) is 4.27. The lowest BCUT2D eigenvalue weighted by Gasteiger charge is -2.25. The van der Waals surface area contributed by atoms with Crippen molar-refractivity contribution in [3.8, 4) is 11.5 Å². The molecule has 0 aliphatic rings. The van der Waals surface area contributed by atoms with Crippen molar-refractivity contribution in [1.29, 1.82) is 0 Å². The van der Waals surface area contributed by atoms with Crippen LogP contribution < -0.4 is 14.8 Å². The van der Waals surface area contributed by atoms with Gasteiger partial charge in [-0.05, 0) is 45.3 Å². The second kappa shape index (κ2) is 8.82. The molecule has 4 nitrogen and oxygen atoms in total. The molecule has 0 heterocycles. The van der Waals surface area contributed by atoms with Gasteiger partial charge >= 0.3 is 0 Å². The molecule has 0 aliphatic carbocycles. The van der Waals surface area contributed by atoms with Crippen molar-refractivity contribution >= 4 is 0 Å². The maximum atomic E-state index is 5.48. The van der Waals surface area contributed by atoms with E-state index < -0.39 is 0 Å². The van der Waals surface area contributed by atoms with Gasteiger partial charge in [-0.2, -0.15) is 0 Å². The molecular weight excluding hydrogens is 252 g/mol. The molecule has 0 saturated carbocycles. The molecule has 4 heteroatoms. The molecule has 0 saturated heterocycles. The van der Waals surface area contributed by atoms with E-state index in [2.05, 4.69) is 24.2 Å². The van der Waals surface area contributed by atoms with Crippen molar-refractivity contribution in [3.63, 3.8) is 0 Å². The fraction of sp³-hybridized carbons (Fsp3) is 0.625. The highest BCUT2D eigenvalue weighted by atomic mass is 16.5. The van der Waals surface area contributed by atoms with Crippen molar-refractivity contribution in [2.24, 2.45) is 0 Å². The molecule has 0 aromatic heterocycles. The second-order valence-electron chi connectivity index (χ2n) is 5.06. The fourth-order valence-corrected chi connectivity index (χ4v) is 2.29. The number of rotatable bonds is 9. The predicted molar refractivity (Wildman–Crippen MR) is 83.8 cm³/mol. The Hall–Kier alpha value is -1.26. The average Bonchev–Trinajstić information content (AvgIpc) is 2.49. The molecule has 1 atom stereocenters. The summed E-state index contributed by atoms with van der Waals surface area (Å²) in [6.07, 6.45) is 2.44. The van der Waals surface area contributed by atoms with Crippen LogP contribution in [0.3, 0.4) is 0 Å². The topological polar surface area (TPSA) is 33.7 Å². The lowest BCUT2D eigenvalue weighted by atomic mass is 10.0. The first-order chi connectivity index (χ1) is 9.65. The Morgan fingerprint density at radius 2 is 2.00 bits per heavy atom. The van der Waals surface area contributed by atoms with Gasteiger partial charge in [0.2, 0.25) is 0 Å². The lowest BCUT2D eigenvalue weighted by Crippen LogP contribution is -2.32. The predicted octanol–water partition coefficient (Wildman–Crippen LogP) is 2.70. The van der Waals surface area contributed by atoms with Crippen molar-refractivity contribution in [2.75, 3.05) is 41.4 Å². The highest BCUT2D eigenvalue weighted by molar-refractivity contribution is 5.42. The number of hydrogen-bond acceptors (Lipinski definition) is 4. The Bertz CT molecular complexity index is 396. The third-order valence-corrected chi connectivity index (χ3v) is 3.55. The Labute approximate surface area is 123 Å². The Morgan fingerprint density at radius 3 is 2.55 bits per heavy atom. The molecule has 1 N–H and O–H groups in total. The van der Waals surface area contributed by atoms with Crippen LogP contribution in [0.1, 0.15) is 31.4 Å². The number of unbranched alkanes of at least 4 members (excludes halogenated alkanes) is 1. The van der Waals surface area contributed by atoms with E-state index in [0.29, 0.717) is 0 Å². The molecule has 1 aromatic carbocycles. The zero-order valence-electron chi connectivity index (χ0n) is 13.4. The van der Waals surface area contributed by atoms with Gasteiger partial charge in [0.1, 0.15) is 11.5 Å². The smallest absolute Gasteiger partial charge is 0.123 e. The quantitative estimate of drug-likeness (QED) is 0.754. The summed E-state index contributed by atoms with van der Waals surface area (Å²) in [4.78, 5) is 2.35. The minimum absolute atomic E-state index is 0.224. The van der Waals surface area contributed by atoms with Crippen molar-refractivity contribution in [3.05, 3.63) is 23.8 Å². The molecule has 0 radical (unpaired) electrons. The van der Waals surface area contributed by atoms with E-state index in [0.717, 1.165) is 30.2 Å². The number of ether oxygens (including phenoxy) is 2. The number of benzene rings is 1. The lowest BCUT2D eigenvalue weighted by molar-refractivity contribution is 0.287. The minimum Gasteiger partial charge on any atom is -0.497 e. The van der Waals surface area contributed by atoms with Crippen LogP contribution in [0.4, 0.5) is 0 Å². The van der Waals surface area contributed by atoms with E-state index >= 15 is 0 Å². The Kier molecular flexibility index (Phi) is 7.41. The van der Waals surface area contributed by atoms with Gasteiger partial charge in [0, 0.05) is 18.2 Å². The number of hydrogen-bond donors (Lipinski definition) is 1. The highest BCUT2D eigenvalue weighted by Gasteiger charge is 2.17. The summed E-state index contributed by atoms with van der Waals surface area (Å²) >= 11 is 0. The largest absolute Gasteiger partial charge is 0.497 e. The number of nitrogens with one attached hydrogen (secondary N) is 1. The highest BCUT2D eigenvalue weighted by Crippen LogP contribution is 2.29. The van der Waals surface area contributed by atoms with Crippen LogP contribution in [0.5, 0.6) is 11.5 Å². The van der Waals surface area contributed by atoms with Gasteiger partial charge in [-0.25, -0.2) is 0 Å². The zero-order valence-corrected chi connectivity index (χ0v) is 13.4. The van der Waals surface area contributed by atoms with E-state index in [1.807, 2.05) is 25.2 Å². The number of likely N-dealkylation sites (N-methyl/N-ethyl adjacent to an activating group) is 2. The number of nitrogens with zero attached hydrogens (tertiary/aromatic N) is 1. The van der Waals surface area contributed by atoms with Crippen LogP contribution in [0.15, 0.2) is 18.2 Å². The summed E-state index contributed by atoms with van der Waals surface area (Å²) < 4.78 is 10.8. The van der Waals surface area contributed by atoms with Gasteiger partial charge in [0.25, 0.3) is 0 Å². The first-order valence-electron chi connectivity index (χ1n) is 7.24. The van der Waals surface area contributed by atoms with Crippen LogP contribution in [0, 0.1) is 0 Å². The van der Waals surface area contributed by atoms with Crippen LogP contribution in [-0.4, -0.2) is 46.3 Å². The molecule has 0 bridgehead atoms. The third kappa shape index (κ3) is 4.69. The summed E-state index contributed by atoms with van der Waals surface area (Å²) in [5, 5.41) is 3.37. The van der Waals surface area contributed by atoms with Gasteiger partial charge in [-0.3, -0.25) is 0 Å². The van der Waals surface area contributed by atoms with E-state index in [1.165, 1.54) is 12.8 Å². The standard InChI is InChI=1S/C16H28N2O2/c1-6-7-10-18(3)12-15(17-2)14-11-13(19-4)8-9-16(14)20-5/h8-9,11,15,17H,6-7,10,12H2,1-5H3. The third-order valence-electron chi connectivity index (χ3n) is 3.55. The van der Waals surface area contributed by atoms with E-state index in [-0.39, 0.29) is 6.04 Å². The fourth-order valence-electron chi connectivity index (χ4n) is 2.29. The molecule has 20 heavy (non-hydrogen) atoms. The van der Waals surface area contributed by atoms with E-state index in [1.54, 1.807) is 14.2 Å². The first-order valence-corrected chi connectivity index (χ1v) is 7.24. The second-order valence-corrected chi connectivity index (χ2v) is 5.06.